The number of hydrogen-bond acceptors (Lipinski definition) is 4. The Labute approximate surface area is 158 Å². The van der Waals surface area contributed by atoms with Crippen molar-refractivity contribution >= 4 is 17.7 Å². The number of nitrogens with zero attached hydrogens (tertiary/aromatic N) is 1. The Morgan fingerprint density at radius 2 is 2.15 bits per heavy atom. The molecule has 0 saturated carbocycles. The van der Waals surface area contributed by atoms with E-state index in [1.165, 1.54) is 12.1 Å². The number of thioether (sulfide) groups is 1. The van der Waals surface area contributed by atoms with E-state index < -0.39 is 0 Å². The first-order valence-electron chi connectivity index (χ1n) is 9.43. The molecule has 0 aromatic heterocycles. The highest BCUT2D eigenvalue weighted by molar-refractivity contribution is 8.01. The molecule has 3 aliphatic rings. The minimum Gasteiger partial charge on any atom is -0.381 e. The third kappa shape index (κ3) is 3.78. The zero-order valence-corrected chi connectivity index (χ0v) is 16.0. The number of rotatable bonds is 4. The highest BCUT2D eigenvalue weighted by Gasteiger charge is 2.51. The van der Waals surface area contributed by atoms with Gasteiger partial charge in [-0.3, -0.25) is 4.79 Å². The lowest BCUT2D eigenvalue weighted by atomic mass is 9.91. The highest BCUT2D eigenvalue weighted by atomic mass is 32.2. The average molecular weight is 379 g/mol. The van der Waals surface area contributed by atoms with Gasteiger partial charge >= 0.3 is 0 Å². The quantitative estimate of drug-likeness (QED) is 0.805. The van der Waals surface area contributed by atoms with Gasteiger partial charge in [-0.1, -0.05) is 0 Å². The molecule has 3 aliphatic heterocycles. The van der Waals surface area contributed by atoms with Crippen LogP contribution in [0.15, 0.2) is 18.2 Å². The number of carbonyl (C=O) groups excluding carboxylic acids is 1. The standard InChI is InChI=1S/C20H26FNO3S/c1-14-8-16(21)2-3-18(14)19(23)22-12-20(13-22)9-17(11-26-20)25-10-15-4-6-24-7-5-15/h2-3,8,15,17H,4-7,9-13H2,1H3/t17-/m1/s1. The molecule has 3 fully saturated rings. The summed E-state index contributed by atoms with van der Waals surface area (Å²) in [6.45, 7) is 5.88. The van der Waals surface area contributed by atoms with Crippen LogP contribution in [0.1, 0.15) is 35.2 Å². The predicted molar refractivity (Wildman–Crippen MR) is 100 cm³/mol. The lowest BCUT2D eigenvalue weighted by molar-refractivity contribution is -0.0118. The van der Waals surface area contributed by atoms with E-state index in [1.807, 2.05) is 16.7 Å². The highest BCUT2D eigenvalue weighted by Crippen LogP contribution is 2.46. The van der Waals surface area contributed by atoms with Gasteiger partial charge in [-0.25, -0.2) is 4.39 Å². The molecule has 26 heavy (non-hydrogen) atoms. The molecule has 1 amide bonds. The molecule has 0 radical (unpaired) electrons. The van der Waals surface area contributed by atoms with Crippen LogP contribution in [0.2, 0.25) is 0 Å². The molecule has 3 heterocycles. The maximum absolute atomic E-state index is 13.2. The number of carbonyl (C=O) groups is 1. The summed E-state index contributed by atoms with van der Waals surface area (Å²) in [5.74, 6) is 1.36. The minimum atomic E-state index is -0.296. The number of likely N-dealkylation sites (tertiary alicyclic amines) is 1. The Balaban J connectivity index is 1.26. The van der Waals surface area contributed by atoms with E-state index in [4.69, 9.17) is 9.47 Å². The van der Waals surface area contributed by atoms with E-state index in [9.17, 15) is 9.18 Å². The second-order valence-corrected chi connectivity index (χ2v) is 9.32. The Morgan fingerprint density at radius 3 is 2.88 bits per heavy atom. The number of benzene rings is 1. The monoisotopic (exact) mass is 379 g/mol. The van der Waals surface area contributed by atoms with Gasteiger partial charge in [-0.15, -0.1) is 11.8 Å². The molecule has 4 rings (SSSR count). The van der Waals surface area contributed by atoms with Crippen molar-refractivity contribution in [2.45, 2.75) is 37.0 Å². The van der Waals surface area contributed by atoms with E-state index in [-0.39, 0.29) is 16.5 Å². The SMILES string of the molecule is Cc1cc(F)ccc1C(=O)N1CC2(C[C@@H](OCC3CCOCC3)CS2)C1. The molecular formula is C20H26FNO3S. The van der Waals surface area contributed by atoms with Crippen LogP contribution in [0.4, 0.5) is 4.39 Å². The van der Waals surface area contributed by atoms with Crippen LogP contribution < -0.4 is 0 Å². The average Bonchev–Trinajstić information content (AvgIpc) is 3.04. The topological polar surface area (TPSA) is 38.8 Å². The molecular weight excluding hydrogens is 353 g/mol. The van der Waals surface area contributed by atoms with E-state index in [2.05, 4.69) is 0 Å². The van der Waals surface area contributed by atoms with Gasteiger partial charge in [-0.2, -0.15) is 0 Å². The number of halogens is 1. The first-order chi connectivity index (χ1) is 12.5. The zero-order chi connectivity index (χ0) is 18.1. The van der Waals surface area contributed by atoms with Crippen LogP contribution in [0.3, 0.4) is 0 Å². The van der Waals surface area contributed by atoms with Crippen molar-refractivity contribution < 1.29 is 18.7 Å². The van der Waals surface area contributed by atoms with Crippen LogP contribution in [-0.2, 0) is 9.47 Å². The maximum atomic E-state index is 13.2. The molecule has 4 nitrogen and oxygen atoms in total. The first kappa shape index (κ1) is 18.3. The molecule has 1 spiro atoms. The summed E-state index contributed by atoms with van der Waals surface area (Å²) in [5.41, 5.74) is 1.31. The van der Waals surface area contributed by atoms with E-state index in [0.717, 1.165) is 57.9 Å². The number of aryl methyl sites for hydroxylation is 1. The summed E-state index contributed by atoms with van der Waals surface area (Å²) in [6, 6.07) is 4.38. The Hall–Kier alpha value is -1.11. The molecule has 0 aliphatic carbocycles. The van der Waals surface area contributed by atoms with Crippen molar-refractivity contribution in [3.8, 4) is 0 Å². The summed E-state index contributed by atoms with van der Waals surface area (Å²) >= 11 is 1.95. The van der Waals surface area contributed by atoms with Crippen molar-refractivity contribution in [2.24, 2.45) is 5.92 Å². The number of amides is 1. The molecule has 3 saturated heterocycles. The second-order valence-electron chi connectivity index (χ2n) is 7.83. The largest absolute Gasteiger partial charge is 0.381 e. The third-order valence-corrected chi connectivity index (χ3v) is 7.32. The van der Waals surface area contributed by atoms with Crippen molar-refractivity contribution in [1.29, 1.82) is 0 Å². The van der Waals surface area contributed by atoms with Crippen molar-refractivity contribution in [3.63, 3.8) is 0 Å². The fourth-order valence-electron chi connectivity index (χ4n) is 4.15. The summed E-state index contributed by atoms with van der Waals surface area (Å²) < 4.78 is 25.0. The van der Waals surface area contributed by atoms with Crippen LogP contribution in [0, 0.1) is 18.7 Å². The molecule has 0 N–H and O–H groups in total. The summed E-state index contributed by atoms with van der Waals surface area (Å²) in [5, 5.41) is 0. The van der Waals surface area contributed by atoms with Gasteiger partial charge in [0.2, 0.25) is 0 Å². The Kier molecular flexibility index (Phi) is 5.26. The first-order valence-corrected chi connectivity index (χ1v) is 10.4. The van der Waals surface area contributed by atoms with Gasteiger partial charge in [-0.05, 0) is 55.9 Å². The Bertz CT molecular complexity index is 671. The fourth-order valence-corrected chi connectivity index (χ4v) is 5.70. The number of hydrogen-bond donors (Lipinski definition) is 0. The smallest absolute Gasteiger partial charge is 0.254 e. The van der Waals surface area contributed by atoms with Gasteiger partial charge in [0.05, 0.1) is 10.9 Å². The lowest BCUT2D eigenvalue weighted by Crippen LogP contribution is -2.60. The van der Waals surface area contributed by atoms with Gasteiger partial charge in [0.1, 0.15) is 5.82 Å². The van der Waals surface area contributed by atoms with Crippen LogP contribution >= 0.6 is 11.8 Å². The molecule has 0 bridgehead atoms. The van der Waals surface area contributed by atoms with Gasteiger partial charge < -0.3 is 14.4 Å². The van der Waals surface area contributed by atoms with E-state index in [0.29, 0.717) is 23.1 Å². The fraction of sp³-hybridized carbons (Fsp3) is 0.650. The Morgan fingerprint density at radius 1 is 1.38 bits per heavy atom. The van der Waals surface area contributed by atoms with Crippen LogP contribution in [0.5, 0.6) is 0 Å². The number of ether oxygens (including phenoxy) is 2. The molecule has 0 unspecified atom stereocenters. The van der Waals surface area contributed by atoms with E-state index >= 15 is 0 Å². The normalized spacial score (nSPS) is 25.5. The summed E-state index contributed by atoms with van der Waals surface area (Å²) in [7, 11) is 0. The van der Waals surface area contributed by atoms with E-state index in [1.54, 1.807) is 13.0 Å². The maximum Gasteiger partial charge on any atom is 0.254 e. The van der Waals surface area contributed by atoms with Gasteiger partial charge in [0.25, 0.3) is 5.91 Å². The minimum absolute atomic E-state index is 0.0142. The van der Waals surface area contributed by atoms with Crippen LogP contribution in [-0.4, -0.2) is 60.3 Å². The zero-order valence-electron chi connectivity index (χ0n) is 15.2. The lowest BCUT2D eigenvalue weighted by Gasteiger charge is -2.47. The molecule has 142 valence electrons. The second kappa shape index (κ2) is 7.49. The molecule has 6 heteroatoms. The summed E-state index contributed by atoms with van der Waals surface area (Å²) in [4.78, 5) is 14.5. The third-order valence-electron chi connectivity index (χ3n) is 5.75. The van der Waals surface area contributed by atoms with Crippen molar-refractivity contribution in [1.82, 2.24) is 4.90 Å². The van der Waals surface area contributed by atoms with Crippen molar-refractivity contribution in [3.05, 3.63) is 35.1 Å². The van der Waals surface area contributed by atoms with Gasteiger partial charge in [0.15, 0.2) is 0 Å². The van der Waals surface area contributed by atoms with Crippen molar-refractivity contribution in [2.75, 3.05) is 38.7 Å². The molecule has 1 aromatic carbocycles. The summed E-state index contributed by atoms with van der Waals surface area (Å²) in [6.07, 6.45) is 3.52. The molecule has 1 aromatic rings. The van der Waals surface area contributed by atoms with Gasteiger partial charge in [0, 0.05) is 44.2 Å². The molecule has 1 atom stereocenters. The van der Waals surface area contributed by atoms with Crippen LogP contribution in [0.25, 0.3) is 0 Å². The predicted octanol–water partition coefficient (Wildman–Crippen LogP) is 3.28.